The van der Waals surface area contributed by atoms with Crippen LogP contribution >= 0.6 is 11.6 Å². The lowest BCUT2D eigenvalue weighted by Crippen LogP contribution is -2.02. The van der Waals surface area contributed by atoms with Crippen LogP contribution in [0.2, 0.25) is 5.02 Å². The predicted molar refractivity (Wildman–Crippen MR) is 85.2 cm³/mol. The lowest BCUT2D eigenvalue weighted by molar-refractivity contribution is 0.436. The molecule has 0 bridgehead atoms. The second-order valence-corrected chi connectivity index (χ2v) is 5.50. The van der Waals surface area contributed by atoms with Crippen LogP contribution < -0.4 is 0 Å². The molecule has 0 aliphatic carbocycles. The van der Waals surface area contributed by atoms with E-state index in [0.717, 1.165) is 16.6 Å². The minimum Gasteiger partial charge on any atom is -0.423 e. The van der Waals surface area contributed by atoms with Gasteiger partial charge in [-0.2, -0.15) is 0 Å². The molecule has 0 amide bonds. The molecule has 2 aromatic heterocycles. The normalized spacial score (nSPS) is 11.2. The van der Waals surface area contributed by atoms with Crippen molar-refractivity contribution in [3.05, 3.63) is 70.9 Å². The van der Waals surface area contributed by atoms with Crippen LogP contribution in [0.3, 0.4) is 0 Å². The van der Waals surface area contributed by atoms with E-state index in [1.54, 1.807) is 4.68 Å². The Morgan fingerprint density at radius 2 is 1.70 bits per heavy atom. The van der Waals surface area contributed by atoms with Crippen molar-refractivity contribution in [1.82, 2.24) is 25.2 Å². The van der Waals surface area contributed by atoms with Crippen molar-refractivity contribution in [2.45, 2.75) is 13.0 Å². The molecule has 0 radical (unpaired) electrons. The maximum atomic E-state index is 6.15. The highest BCUT2D eigenvalue weighted by Gasteiger charge is 2.11. The lowest BCUT2D eigenvalue weighted by atomic mass is 10.1. The van der Waals surface area contributed by atoms with Gasteiger partial charge in [-0.25, -0.2) is 4.68 Å². The quantitative estimate of drug-likeness (QED) is 0.576. The molecule has 23 heavy (non-hydrogen) atoms. The highest BCUT2D eigenvalue weighted by Crippen LogP contribution is 2.19. The van der Waals surface area contributed by atoms with E-state index in [4.69, 9.17) is 16.0 Å². The van der Waals surface area contributed by atoms with Gasteiger partial charge in [-0.1, -0.05) is 47.1 Å². The zero-order chi connectivity index (χ0) is 15.6. The summed E-state index contributed by atoms with van der Waals surface area (Å²) < 4.78 is 7.43. The molecule has 2 heterocycles. The highest BCUT2D eigenvalue weighted by atomic mass is 35.5. The summed E-state index contributed by atoms with van der Waals surface area (Å²) in [7, 11) is 0. The summed E-state index contributed by atoms with van der Waals surface area (Å²) in [6.07, 6.45) is 0.505. The molecule has 0 N–H and O–H groups in total. The van der Waals surface area contributed by atoms with Crippen LogP contribution in [0.15, 0.2) is 52.9 Å². The molecule has 0 saturated carbocycles. The fourth-order valence-corrected chi connectivity index (χ4v) is 2.59. The topological polar surface area (TPSA) is 69.6 Å². The SMILES string of the molecule is Clc1ccccc1Cc1nnc(Cn2nnc3ccccc32)o1. The molecule has 2 aromatic carbocycles. The van der Waals surface area contributed by atoms with Crippen molar-refractivity contribution in [3.8, 4) is 0 Å². The summed E-state index contributed by atoms with van der Waals surface area (Å²) in [5, 5.41) is 17.1. The smallest absolute Gasteiger partial charge is 0.238 e. The van der Waals surface area contributed by atoms with E-state index in [-0.39, 0.29) is 0 Å². The first-order chi connectivity index (χ1) is 11.3. The van der Waals surface area contributed by atoms with Gasteiger partial charge in [-0.05, 0) is 23.8 Å². The standard InChI is InChI=1S/C16H12ClN5O/c17-12-6-2-1-5-11(12)9-15-19-20-16(23-15)10-22-14-8-4-3-7-13(14)18-21-22/h1-8H,9-10H2. The van der Waals surface area contributed by atoms with Crippen LogP contribution in [-0.4, -0.2) is 25.2 Å². The van der Waals surface area contributed by atoms with Gasteiger partial charge in [0.1, 0.15) is 12.1 Å². The average molecular weight is 326 g/mol. The van der Waals surface area contributed by atoms with Gasteiger partial charge in [0.25, 0.3) is 0 Å². The van der Waals surface area contributed by atoms with Crippen LogP contribution in [0.25, 0.3) is 11.0 Å². The Morgan fingerprint density at radius 1 is 0.913 bits per heavy atom. The predicted octanol–water partition coefficient (Wildman–Crippen LogP) is 3.11. The first-order valence-corrected chi connectivity index (χ1v) is 7.50. The van der Waals surface area contributed by atoms with Gasteiger partial charge in [0, 0.05) is 5.02 Å². The Kier molecular flexibility index (Phi) is 3.51. The Bertz CT molecular complexity index is 962. The monoisotopic (exact) mass is 325 g/mol. The van der Waals surface area contributed by atoms with Crippen molar-refractivity contribution in [2.75, 3.05) is 0 Å². The minimum absolute atomic E-state index is 0.385. The highest BCUT2D eigenvalue weighted by molar-refractivity contribution is 6.31. The van der Waals surface area contributed by atoms with Gasteiger partial charge in [0.15, 0.2) is 0 Å². The van der Waals surface area contributed by atoms with Crippen LogP contribution in [0.4, 0.5) is 0 Å². The number of nitrogens with zero attached hydrogens (tertiary/aromatic N) is 5. The van der Waals surface area contributed by atoms with Crippen molar-refractivity contribution in [3.63, 3.8) is 0 Å². The molecular weight excluding hydrogens is 314 g/mol. The molecule has 0 aliphatic heterocycles. The van der Waals surface area contributed by atoms with Crippen LogP contribution in [0, 0.1) is 0 Å². The number of benzene rings is 2. The average Bonchev–Trinajstić information content (AvgIpc) is 3.18. The summed E-state index contributed by atoms with van der Waals surface area (Å²) in [6, 6.07) is 15.3. The number of hydrogen-bond acceptors (Lipinski definition) is 5. The van der Waals surface area contributed by atoms with E-state index >= 15 is 0 Å². The van der Waals surface area contributed by atoms with Gasteiger partial charge in [0.2, 0.25) is 11.8 Å². The summed E-state index contributed by atoms with van der Waals surface area (Å²) in [5.41, 5.74) is 2.72. The second-order valence-electron chi connectivity index (χ2n) is 5.09. The maximum Gasteiger partial charge on any atom is 0.238 e. The summed E-state index contributed by atoms with van der Waals surface area (Å²) in [4.78, 5) is 0. The Balaban J connectivity index is 1.55. The van der Waals surface area contributed by atoms with Crippen LogP contribution in [-0.2, 0) is 13.0 Å². The number of para-hydroxylation sites is 1. The molecule has 6 nitrogen and oxygen atoms in total. The van der Waals surface area contributed by atoms with E-state index in [0.29, 0.717) is 29.8 Å². The third kappa shape index (κ3) is 2.80. The Morgan fingerprint density at radius 3 is 2.61 bits per heavy atom. The molecule has 4 rings (SSSR count). The number of hydrogen-bond donors (Lipinski definition) is 0. The number of fused-ring (bicyclic) bond motifs is 1. The van der Waals surface area contributed by atoms with E-state index in [9.17, 15) is 0 Å². The summed E-state index contributed by atoms with van der Waals surface area (Å²) >= 11 is 6.15. The van der Waals surface area contributed by atoms with Gasteiger partial charge in [-0.3, -0.25) is 0 Å². The van der Waals surface area contributed by atoms with E-state index in [1.165, 1.54) is 0 Å². The van der Waals surface area contributed by atoms with Gasteiger partial charge >= 0.3 is 0 Å². The number of halogens is 1. The molecule has 0 fully saturated rings. The molecule has 0 aliphatic rings. The fourth-order valence-electron chi connectivity index (χ4n) is 2.39. The van der Waals surface area contributed by atoms with E-state index < -0.39 is 0 Å². The minimum atomic E-state index is 0.385. The molecule has 0 saturated heterocycles. The number of rotatable bonds is 4. The molecule has 4 aromatic rings. The molecule has 0 spiro atoms. The second kappa shape index (κ2) is 5.81. The van der Waals surface area contributed by atoms with Crippen LogP contribution in [0.1, 0.15) is 17.3 Å². The van der Waals surface area contributed by atoms with E-state index in [2.05, 4.69) is 20.5 Å². The summed E-state index contributed by atoms with van der Waals surface area (Å²) in [5.74, 6) is 1.01. The molecular formula is C16H12ClN5O. The third-order valence-electron chi connectivity index (χ3n) is 3.51. The summed E-state index contributed by atoms with van der Waals surface area (Å²) in [6.45, 7) is 0.385. The first-order valence-electron chi connectivity index (χ1n) is 7.12. The van der Waals surface area contributed by atoms with Gasteiger partial charge in [0.05, 0.1) is 11.9 Å². The third-order valence-corrected chi connectivity index (χ3v) is 3.88. The van der Waals surface area contributed by atoms with Crippen molar-refractivity contribution in [1.29, 1.82) is 0 Å². The van der Waals surface area contributed by atoms with Crippen molar-refractivity contribution < 1.29 is 4.42 Å². The Labute approximate surface area is 136 Å². The van der Waals surface area contributed by atoms with E-state index in [1.807, 2.05) is 48.5 Å². The van der Waals surface area contributed by atoms with Crippen molar-refractivity contribution in [2.24, 2.45) is 0 Å². The largest absolute Gasteiger partial charge is 0.423 e. The first kappa shape index (κ1) is 13.9. The molecule has 0 atom stereocenters. The molecule has 7 heteroatoms. The van der Waals surface area contributed by atoms with Gasteiger partial charge < -0.3 is 4.42 Å². The number of aromatic nitrogens is 5. The van der Waals surface area contributed by atoms with Crippen molar-refractivity contribution >= 4 is 22.6 Å². The maximum absolute atomic E-state index is 6.15. The fraction of sp³-hybridized carbons (Fsp3) is 0.125. The Hall–Kier alpha value is -2.73. The van der Waals surface area contributed by atoms with Gasteiger partial charge in [-0.15, -0.1) is 15.3 Å². The molecule has 0 unspecified atom stereocenters. The lowest BCUT2D eigenvalue weighted by Gasteiger charge is -1.99. The zero-order valence-corrected chi connectivity index (χ0v) is 12.8. The van der Waals surface area contributed by atoms with Crippen LogP contribution in [0.5, 0.6) is 0 Å². The zero-order valence-electron chi connectivity index (χ0n) is 12.1. The molecule has 114 valence electrons.